The Kier molecular flexibility index (Phi) is 6.67. The van der Waals surface area contributed by atoms with Crippen LogP contribution >= 0.6 is 0 Å². The molecule has 0 aliphatic heterocycles. The number of anilines is 1. The molecular weight excluding hydrogens is 232 g/mol. The summed E-state index contributed by atoms with van der Waals surface area (Å²) in [6.45, 7) is 1.63. The van der Waals surface area contributed by atoms with E-state index in [4.69, 9.17) is 10.2 Å². The maximum atomic E-state index is 9.26. The van der Waals surface area contributed by atoms with Gasteiger partial charge in [-0.2, -0.15) is 0 Å². The van der Waals surface area contributed by atoms with Crippen molar-refractivity contribution in [3.8, 4) is 0 Å². The molecule has 0 aliphatic rings. The van der Waals surface area contributed by atoms with Crippen LogP contribution in [0.2, 0.25) is 0 Å². The van der Waals surface area contributed by atoms with Crippen molar-refractivity contribution in [1.82, 2.24) is 4.90 Å². The van der Waals surface area contributed by atoms with E-state index in [1.165, 1.54) is 0 Å². The largest absolute Gasteiger partial charge is 0.395 e. The Balaban J connectivity index is 2.51. The predicted molar refractivity (Wildman–Crippen MR) is 71.4 cm³/mol. The molecule has 1 aromatic rings. The molecular formula is C13H22N2O3. The number of rotatable bonds is 8. The van der Waals surface area contributed by atoms with Gasteiger partial charge in [-0.25, -0.2) is 0 Å². The quantitative estimate of drug-likeness (QED) is 0.520. The van der Waals surface area contributed by atoms with Gasteiger partial charge in [0.15, 0.2) is 0 Å². The average molecular weight is 254 g/mol. The second kappa shape index (κ2) is 8.05. The molecule has 0 amide bonds. The first-order valence-electron chi connectivity index (χ1n) is 6.07. The lowest BCUT2D eigenvalue weighted by Gasteiger charge is -2.16. The average Bonchev–Trinajstić information content (AvgIpc) is 2.36. The van der Waals surface area contributed by atoms with Crippen molar-refractivity contribution < 1.29 is 15.3 Å². The van der Waals surface area contributed by atoms with E-state index < -0.39 is 6.10 Å². The lowest BCUT2D eigenvalue weighted by Crippen LogP contribution is -2.23. The van der Waals surface area contributed by atoms with E-state index in [0.29, 0.717) is 13.1 Å². The fourth-order valence-corrected chi connectivity index (χ4v) is 1.64. The van der Waals surface area contributed by atoms with Crippen LogP contribution in [0.5, 0.6) is 0 Å². The molecule has 1 atom stereocenters. The minimum absolute atomic E-state index is 0.150. The van der Waals surface area contributed by atoms with Gasteiger partial charge in [0.05, 0.1) is 19.3 Å². The van der Waals surface area contributed by atoms with Crippen molar-refractivity contribution in [2.24, 2.45) is 0 Å². The number of hydrogen-bond donors (Lipinski definition) is 4. The van der Waals surface area contributed by atoms with Crippen LogP contribution in [0.3, 0.4) is 0 Å². The van der Waals surface area contributed by atoms with Crippen molar-refractivity contribution in [3.05, 3.63) is 29.8 Å². The first-order valence-corrected chi connectivity index (χ1v) is 6.07. The van der Waals surface area contributed by atoms with Gasteiger partial charge in [0.2, 0.25) is 0 Å². The number of nitrogens with one attached hydrogen (secondary N) is 1. The number of benzene rings is 1. The maximum absolute atomic E-state index is 9.26. The first kappa shape index (κ1) is 14.9. The van der Waals surface area contributed by atoms with E-state index in [2.05, 4.69) is 5.32 Å². The third-order valence-electron chi connectivity index (χ3n) is 2.61. The monoisotopic (exact) mass is 254 g/mol. The summed E-state index contributed by atoms with van der Waals surface area (Å²) >= 11 is 0. The molecule has 0 aromatic heterocycles. The van der Waals surface area contributed by atoms with E-state index in [1.54, 1.807) is 0 Å². The lowest BCUT2D eigenvalue weighted by atomic mass is 10.2. The van der Waals surface area contributed by atoms with E-state index in [1.807, 2.05) is 36.2 Å². The third kappa shape index (κ3) is 5.46. The summed E-state index contributed by atoms with van der Waals surface area (Å²) in [5.74, 6) is 0. The Hall–Kier alpha value is -1.14. The van der Waals surface area contributed by atoms with Gasteiger partial charge in [0.1, 0.15) is 0 Å². The highest BCUT2D eigenvalue weighted by Gasteiger charge is 2.03. The van der Waals surface area contributed by atoms with E-state index >= 15 is 0 Å². The molecule has 0 saturated heterocycles. The zero-order valence-corrected chi connectivity index (χ0v) is 10.7. The molecule has 4 N–H and O–H groups in total. The van der Waals surface area contributed by atoms with Crippen molar-refractivity contribution >= 4 is 5.69 Å². The molecule has 5 nitrogen and oxygen atoms in total. The van der Waals surface area contributed by atoms with Gasteiger partial charge in [-0.15, -0.1) is 0 Å². The molecule has 1 unspecified atom stereocenters. The van der Waals surface area contributed by atoms with Crippen LogP contribution in [0.1, 0.15) is 5.56 Å². The Bertz CT molecular complexity index is 347. The molecule has 0 spiro atoms. The second-order valence-electron chi connectivity index (χ2n) is 4.38. The summed E-state index contributed by atoms with van der Waals surface area (Å²) in [6, 6.07) is 7.87. The summed E-state index contributed by atoms with van der Waals surface area (Å²) in [6.07, 6.45) is -0.745. The minimum atomic E-state index is -0.745. The first-order chi connectivity index (χ1) is 8.65. The molecule has 102 valence electrons. The van der Waals surface area contributed by atoms with Crippen molar-refractivity contribution in [2.75, 3.05) is 38.7 Å². The molecule has 1 aromatic carbocycles. The zero-order chi connectivity index (χ0) is 13.4. The second-order valence-corrected chi connectivity index (χ2v) is 4.38. The summed E-state index contributed by atoms with van der Waals surface area (Å²) in [5.41, 5.74) is 2.05. The van der Waals surface area contributed by atoms with Crippen LogP contribution in [0.15, 0.2) is 24.3 Å². The molecule has 18 heavy (non-hydrogen) atoms. The SMILES string of the molecule is CN(CCO)Cc1cccc(NCC(O)CO)c1. The van der Waals surface area contributed by atoms with Gasteiger partial charge in [0, 0.05) is 25.3 Å². The van der Waals surface area contributed by atoms with Crippen LogP contribution < -0.4 is 5.32 Å². The van der Waals surface area contributed by atoms with Crippen LogP contribution in [0.25, 0.3) is 0 Å². The van der Waals surface area contributed by atoms with E-state index in [0.717, 1.165) is 17.8 Å². The number of nitrogens with zero attached hydrogens (tertiary/aromatic N) is 1. The summed E-state index contributed by atoms with van der Waals surface area (Å²) in [5, 5.41) is 29.9. The molecule has 0 bridgehead atoms. The number of aliphatic hydroxyl groups is 3. The van der Waals surface area contributed by atoms with Gasteiger partial charge in [-0.3, -0.25) is 4.90 Å². The van der Waals surface area contributed by atoms with Crippen LogP contribution in [-0.4, -0.2) is 59.7 Å². The standard InChI is InChI=1S/C13H22N2O3/c1-15(5-6-16)9-11-3-2-4-12(7-11)14-8-13(18)10-17/h2-4,7,13-14,16-18H,5-6,8-10H2,1H3. The normalized spacial score (nSPS) is 12.7. The van der Waals surface area contributed by atoms with Crippen molar-refractivity contribution in [1.29, 1.82) is 0 Å². The Morgan fingerprint density at radius 3 is 2.78 bits per heavy atom. The van der Waals surface area contributed by atoms with E-state index in [9.17, 15) is 5.11 Å². The highest BCUT2D eigenvalue weighted by molar-refractivity contribution is 5.45. The smallest absolute Gasteiger partial charge is 0.0942 e. The van der Waals surface area contributed by atoms with Crippen LogP contribution in [0, 0.1) is 0 Å². The molecule has 0 saturated carbocycles. The highest BCUT2D eigenvalue weighted by atomic mass is 16.3. The molecule has 5 heteroatoms. The topological polar surface area (TPSA) is 76.0 Å². The van der Waals surface area contributed by atoms with Crippen LogP contribution in [-0.2, 0) is 6.54 Å². The van der Waals surface area contributed by atoms with Crippen molar-refractivity contribution in [2.45, 2.75) is 12.6 Å². The Labute approximate surface area is 108 Å². The Morgan fingerprint density at radius 1 is 1.33 bits per heavy atom. The maximum Gasteiger partial charge on any atom is 0.0942 e. The van der Waals surface area contributed by atoms with Gasteiger partial charge >= 0.3 is 0 Å². The molecule has 1 rings (SSSR count). The molecule has 0 radical (unpaired) electrons. The zero-order valence-electron chi connectivity index (χ0n) is 10.7. The molecule has 0 aliphatic carbocycles. The fourth-order valence-electron chi connectivity index (χ4n) is 1.64. The summed E-state index contributed by atoms with van der Waals surface area (Å²) in [7, 11) is 1.95. The van der Waals surface area contributed by atoms with Gasteiger partial charge in [0.25, 0.3) is 0 Å². The Morgan fingerprint density at radius 2 is 2.11 bits per heavy atom. The number of likely N-dealkylation sites (N-methyl/N-ethyl adjacent to an activating group) is 1. The minimum Gasteiger partial charge on any atom is -0.395 e. The van der Waals surface area contributed by atoms with Gasteiger partial charge < -0.3 is 20.6 Å². The van der Waals surface area contributed by atoms with Crippen LogP contribution in [0.4, 0.5) is 5.69 Å². The summed E-state index contributed by atoms with van der Waals surface area (Å²) in [4.78, 5) is 2.03. The highest BCUT2D eigenvalue weighted by Crippen LogP contribution is 2.12. The van der Waals surface area contributed by atoms with Gasteiger partial charge in [-0.05, 0) is 24.7 Å². The summed E-state index contributed by atoms with van der Waals surface area (Å²) < 4.78 is 0. The van der Waals surface area contributed by atoms with Crippen molar-refractivity contribution in [3.63, 3.8) is 0 Å². The predicted octanol–water partition coefficient (Wildman–Crippen LogP) is -0.124. The molecule has 0 fully saturated rings. The van der Waals surface area contributed by atoms with Gasteiger partial charge in [-0.1, -0.05) is 12.1 Å². The molecule has 0 heterocycles. The van der Waals surface area contributed by atoms with E-state index in [-0.39, 0.29) is 13.2 Å². The number of hydrogen-bond acceptors (Lipinski definition) is 5. The number of aliphatic hydroxyl groups excluding tert-OH is 3. The fraction of sp³-hybridized carbons (Fsp3) is 0.538. The lowest BCUT2D eigenvalue weighted by molar-refractivity contribution is 0.105. The third-order valence-corrected chi connectivity index (χ3v) is 2.61.